The summed E-state index contributed by atoms with van der Waals surface area (Å²) in [6.07, 6.45) is 2.84. The third kappa shape index (κ3) is 3.56. The number of carbonyl (C=O) groups excluding carboxylic acids is 1. The van der Waals surface area contributed by atoms with E-state index in [0.717, 1.165) is 25.2 Å². The van der Waals surface area contributed by atoms with E-state index in [0.29, 0.717) is 6.04 Å². The molecule has 0 spiro atoms. The number of hydrogen-bond acceptors (Lipinski definition) is 5. The van der Waals surface area contributed by atoms with Crippen LogP contribution in [0.25, 0.3) is 0 Å². The lowest BCUT2D eigenvalue weighted by molar-refractivity contribution is -0.118. The van der Waals surface area contributed by atoms with Crippen molar-refractivity contribution in [1.29, 1.82) is 0 Å². The smallest absolute Gasteiger partial charge is 0.242 e. The van der Waals surface area contributed by atoms with Crippen molar-refractivity contribution in [2.45, 2.75) is 37.6 Å². The van der Waals surface area contributed by atoms with Gasteiger partial charge in [-0.25, -0.2) is 17.8 Å². The second-order valence-electron chi connectivity index (χ2n) is 6.66. The van der Waals surface area contributed by atoms with Crippen LogP contribution >= 0.6 is 15.9 Å². The van der Waals surface area contributed by atoms with Gasteiger partial charge in [0.05, 0.1) is 11.8 Å². The number of nitrogens with zero attached hydrogens (tertiary/aromatic N) is 1. The summed E-state index contributed by atoms with van der Waals surface area (Å²) < 4.78 is 36.6. The largest absolute Gasteiger partial charge is 0.309 e. The van der Waals surface area contributed by atoms with Gasteiger partial charge in [-0.2, -0.15) is 0 Å². The van der Waals surface area contributed by atoms with Gasteiger partial charge in [0.1, 0.15) is 10.4 Å². The molecule has 1 aromatic rings. The molecule has 2 heterocycles. The van der Waals surface area contributed by atoms with Crippen LogP contribution in [0.5, 0.6) is 0 Å². The fourth-order valence-electron chi connectivity index (χ4n) is 3.04. The van der Waals surface area contributed by atoms with E-state index in [9.17, 15) is 17.6 Å². The number of carbonyl (C=O) groups is 1. The second-order valence-corrected chi connectivity index (χ2v) is 9.55. The van der Waals surface area contributed by atoms with E-state index in [1.165, 1.54) is 0 Å². The van der Waals surface area contributed by atoms with Crippen molar-refractivity contribution >= 4 is 37.5 Å². The van der Waals surface area contributed by atoms with Crippen molar-refractivity contribution in [3.63, 3.8) is 0 Å². The lowest BCUT2D eigenvalue weighted by Crippen LogP contribution is -2.38. The molecule has 1 aliphatic carbocycles. The molecule has 1 saturated heterocycles. The number of pyridine rings is 1. The highest BCUT2D eigenvalue weighted by atomic mass is 79.9. The Hall–Kier alpha value is -1.06. The highest BCUT2D eigenvalue weighted by Gasteiger charge is 2.58. The zero-order chi connectivity index (χ0) is 17.0. The van der Waals surface area contributed by atoms with E-state index < -0.39 is 21.4 Å². The van der Waals surface area contributed by atoms with Crippen molar-refractivity contribution in [3.8, 4) is 0 Å². The lowest BCUT2D eigenvalue weighted by atomic mass is 10.0. The number of aromatic nitrogens is 1. The minimum Gasteiger partial charge on any atom is -0.309 e. The number of rotatable bonds is 4. The molecule has 0 radical (unpaired) electrons. The Morgan fingerprint density at radius 3 is 2.83 bits per heavy atom. The molecule has 23 heavy (non-hydrogen) atoms. The van der Waals surface area contributed by atoms with E-state index in [-0.39, 0.29) is 33.3 Å². The summed E-state index contributed by atoms with van der Waals surface area (Å²) in [5, 5.41) is 5.87. The van der Waals surface area contributed by atoms with Crippen molar-refractivity contribution in [1.82, 2.24) is 10.3 Å². The third-order valence-corrected chi connectivity index (χ3v) is 5.80. The summed E-state index contributed by atoms with van der Waals surface area (Å²) in [7, 11) is -3.38. The topological polar surface area (TPSA) is 88.2 Å². The lowest BCUT2D eigenvalue weighted by Gasteiger charge is -2.16. The maximum absolute atomic E-state index is 13.7. The van der Waals surface area contributed by atoms with Gasteiger partial charge in [-0.3, -0.25) is 4.79 Å². The molecule has 2 aliphatic rings. The zero-order valence-corrected chi connectivity index (χ0v) is 15.1. The van der Waals surface area contributed by atoms with Crippen LogP contribution in [0.15, 0.2) is 10.7 Å². The monoisotopic (exact) mass is 405 g/mol. The Labute approximate surface area is 142 Å². The fraction of sp³-hybridized carbons (Fsp3) is 0.571. The molecule has 2 fully saturated rings. The Kier molecular flexibility index (Phi) is 4.01. The second kappa shape index (κ2) is 5.49. The summed E-state index contributed by atoms with van der Waals surface area (Å²) in [5.74, 6) is -1.27. The average molecular weight is 406 g/mol. The number of sulfone groups is 1. The maximum atomic E-state index is 13.7. The highest BCUT2D eigenvalue weighted by Crippen LogP contribution is 2.53. The van der Waals surface area contributed by atoms with E-state index in [2.05, 4.69) is 38.5 Å². The Balaban J connectivity index is 1.81. The highest BCUT2D eigenvalue weighted by molar-refractivity contribution is 9.10. The van der Waals surface area contributed by atoms with Crippen LogP contribution in [0, 0.1) is 11.2 Å². The first-order chi connectivity index (χ1) is 10.6. The van der Waals surface area contributed by atoms with E-state index in [1.54, 1.807) is 0 Å². The SMILES string of the molecule is C[C@@]12C[C@@H](C(=O)Nc3nc(Br)c(F)cc3CS(C)(=O)=O)N[C@@H]1C2. The van der Waals surface area contributed by atoms with Crippen molar-refractivity contribution < 1.29 is 17.6 Å². The van der Waals surface area contributed by atoms with Gasteiger partial charge in [-0.05, 0) is 40.3 Å². The number of nitrogens with one attached hydrogen (secondary N) is 2. The molecular weight excluding hydrogens is 389 g/mol. The van der Waals surface area contributed by atoms with Crippen LogP contribution in [-0.4, -0.2) is 37.6 Å². The molecule has 0 unspecified atom stereocenters. The number of piperidine rings is 1. The summed E-state index contributed by atoms with van der Waals surface area (Å²) in [6.45, 7) is 2.12. The maximum Gasteiger partial charge on any atom is 0.242 e. The van der Waals surface area contributed by atoms with E-state index in [1.807, 2.05) is 0 Å². The minimum absolute atomic E-state index is 0.0701. The molecule has 3 rings (SSSR count). The first kappa shape index (κ1) is 16.8. The summed E-state index contributed by atoms with van der Waals surface area (Å²) in [5.41, 5.74) is 0.310. The predicted octanol–water partition coefficient (Wildman–Crippen LogP) is 1.61. The van der Waals surface area contributed by atoms with Crippen LogP contribution in [0.1, 0.15) is 25.3 Å². The van der Waals surface area contributed by atoms with Gasteiger partial charge in [0.2, 0.25) is 5.91 Å². The molecule has 2 N–H and O–H groups in total. The molecule has 3 atom stereocenters. The molecule has 6 nitrogen and oxygen atoms in total. The first-order valence-electron chi connectivity index (χ1n) is 7.17. The van der Waals surface area contributed by atoms with Crippen molar-refractivity contribution in [2.75, 3.05) is 11.6 Å². The van der Waals surface area contributed by atoms with Crippen LogP contribution in [0.4, 0.5) is 10.2 Å². The molecule has 0 aromatic carbocycles. The molecule has 1 aromatic heterocycles. The summed E-state index contributed by atoms with van der Waals surface area (Å²) >= 11 is 2.96. The van der Waals surface area contributed by atoms with Crippen LogP contribution in [0.3, 0.4) is 0 Å². The van der Waals surface area contributed by atoms with Crippen molar-refractivity contribution in [2.24, 2.45) is 5.41 Å². The molecule has 0 bridgehead atoms. The zero-order valence-electron chi connectivity index (χ0n) is 12.7. The number of anilines is 1. The van der Waals surface area contributed by atoms with Gasteiger partial charge < -0.3 is 10.6 Å². The van der Waals surface area contributed by atoms with Gasteiger partial charge in [-0.1, -0.05) is 6.92 Å². The number of halogens is 2. The van der Waals surface area contributed by atoms with Gasteiger partial charge in [0.15, 0.2) is 15.7 Å². The molecule has 1 saturated carbocycles. The minimum atomic E-state index is -3.38. The molecule has 9 heteroatoms. The fourth-order valence-corrected chi connectivity index (χ4v) is 4.12. The summed E-state index contributed by atoms with van der Waals surface area (Å²) in [4.78, 5) is 16.3. The molecular formula is C14H17BrFN3O3S. The molecule has 1 amide bonds. The Morgan fingerprint density at radius 2 is 2.26 bits per heavy atom. The number of fused-ring (bicyclic) bond motifs is 1. The van der Waals surface area contributed by atoms with Gasteiger partial charge in [0, 0.05) is 17.9 Å². The Morgan fingerprint density at radius 1 is 1.57 bits per heavy atom. The predicted molar refractivity (Wildman–Crippen MR) is 87.1 cm³/mol. The normalized spacial score (nSPS) is 29.2. The van der Waals surface area contributed by atoms with Gasteiger partial charge >= 0.3 is 0 Å². The molecule has 126 valence electrons. The first-order valence-corrected chi connectivity index (χ1v) is 10.0. The van der Waals surface area contributed by atoms with Crippen LogP contribution in [0.2, 0.25) is 0 Å². The van der Waals surface area contributed by atoms with Gasteiger partial charge in [-0.15, -0.1) is 0 Å². The van der Waals surface area contributed by atoms with E-state index in [4.69, 9.17) is 0 Å². The number of amides is 1. The van der Waals surface area contributed by atoms with Crippen LogP contribution in [-0.2, 0) is 20.4 Å². The third-order valence-electron chi connectivity index (χ3n) is 4.41. The average Bonchev–Trinajstić information content (AvgIpc) is 2.91. The van der Waals surface area contributed by atoms with E-state index >= 15 is 0 Å². The number of hydrogen-bond donors (Lipinski definition) is 2. The Bertz CT molecular complexity index is 786. The standard InChI is InChI=1S/C14H17BrFN3O3S/c1-14-4-9(17-10(14)5-14)13(20)19-12-7(6-23(2,21)22)3-8(16)11(15)18-12/h3,9-10,17H,4-6H2,1-2H3,(H,18,19,20)/t9-,10+,14-/m0/s1. The molecule has 1 aliphatic heterocycles. The quantitative estimate of drug-likeness (QED) is 0.742. The van der Waals surface area contributed by atoms with Gasteiger partial charge in [0.25, 0.3) is 0 Å². The summed E-state index contributed by atoms with van der Waals surface area (Å²) in [6, 6.07) is 1.10. The van der Waals surface area contributed by atoms with Crippen LogP contribution < -0.4 is 10.6 Å². The van der Waals surface area contributed by atoms with Crippen molar-refractivity contribution in [3.05, 3.63) is 22.1 Å².